The normalized spacial score (nSPS) is 12.8. The molecule has 0 N–H and O–H groups in total. The summed E-state index contributed by atoms with van der Waals surface area (Å²) >= 11 is 0. The number of carbonyl (C=O) groups is 3. The van der Waals surface area contributed by atoms with Gasteiger partial charge in [-0.2, -0.15) is 0 Å². The maximum atomic E-state index is 12.9. The highest BCUT2D eigenvalue weighted by Crippen LogP contribution is 2.16. The first-order valence-electron chi connectivity index (χ1n) is 32.4. The second kappa shape index (κ2) is 64.6. The molecule has 0 saturated carbocycles. The Kier molecular flexibility index (Phi) is 61.3. The van der Waals surface area contributed by atoms with Crippen molar-refractivity contribution in [3.05, 3.63) is 109 Å². The SMILES string of the molecule is CC/C=C\C/C=C\C/C=C\C/C=C\C/C=C\C/C=C\CCCCCCCCCCCCCCC(=O)OCC(COC(=O)CCCCCCC/C=C\CCCCCCC)OC(=O)CCCCCCC/C=C\C/C=C\CCCC. The molecule has 0 aromatic rings. The molecule has 0 rings (SSSR count). The molecule has 0 radical (unpaired) electrons. The third kappa shape index (κ3) is 62.8. The van der Waals surface area contributed by atoms with Crippen LogP contribution in [0.15, 0.2) is 109 Å². The first kappa shape index (κ1) is 73.1. The molecule has 440 valence electrons. The van der Waals surface area contributed by atoms with Crippen LogP contribution in [0.3, 0.4) is 0 Å². The number of rotatable bonds is 58. The Bertz CT molecular complexity index is 1560. The number of esters is 3. The maximum absolute atomic E-state index is 12.9. The molecule has 6 heteroatoms. The topological polar surface area (TPSA) is 78.9 Å². The van der Waals surface area contributed by atoms with Crippen LogP contribution in [0.5, 0.6) is 0 Å². The van der Waals surface area contributed by atoms with E-state index in [-0.39, 0.29) is 31.1 Å². The van der Waals surface area contributed by atoms with Gasteiger partial charge in [-0.3, -0.25) is 14.4 Å². The van der Waals surface area contributed by atoms with Crippen LogP contribution in [0.2, 0.25) is 0 Å². The van der Waals surface area contributed by atoms with Gasteiger partial charge in [0.1, 0.15) is 13.2 Å². The predicted molar refractivity (Wildman–Crippen MR) is 334 cm³/mol. The third-order valence-electron chi connectivity index (χ3n) is 13.7. The molecule has 0 saturated heterocycles. The van der Waals surface area contributed by atoms with Crippen LogP contribution in [-0.2, 0) is 28.6 Å². The summed E-state index contributed by atoms with van der Waals surface area (Å²) < 4.78 is 16.9. The van der Waals surface area contributed by atoms with Crippen LogP contribution in [0.25, 0.3) is 0 Å². The molecule has 0 amide bonds. The molecular formula is C71H120O6. The summed E-state index contributed by atoms with van der Waals surface area (Å²) in [5.74, 6) is -0.904. The molecule has 0 aliphatic rings. The molecule has 0 aromatic carbocycles. The van der Waals surface area contributed by atoms with Crippen molar-refractivity contribution in [2.45, 2.75) is 309 Å². The number of hydrogen-bond donors (Lipinski definition) is 0. The van der Waals surface area contributed by atoms with Crippen molar-refractivity contribution in [2.24, 2.45) is 0 Å². The lowest BCUT2D eigenvalue weighted by Crippen LogP contribution is -2.30. The zero-order chi connectivity index (χ0) is 55.7. The minimum absolute atomic E-state index is 0.0866. The quantitative estimate of drug-likeness (QED) is 0.0261. The van der Waals surface area contributed by atoms with Crippen LogP contribution in [0.1, 0.15) is 303 Å². The Morgan fingerprint density at radius 3 is 0.844 bits per heavy atom. The molecule has 0 heterocycles. The highest BCUT2D eigenvalue weighted by atomic mass is 16.6. The van der Waals surface area contributed by atoms with E-state index in [2.05, 4.69) is 130 Å². The van der Waals surface area contributed by atoms with E-state index in [9.17, 15) is 14.4 Å². The van der Waals surface area contributed by atoms with Crippen LogP contribution < -0.4 is 0 Å². The van der Waals surface area contributed by atoms with Crippen LogP contribution in [0, 0.1) is 0 Å². The monoisotopic (exact) mass is 1070 g/mol. The molecule has 1 atom stereocenters. The number of unbranched alkanes of at least 4 members (excludes halogenated alkanes) is 29. The first-order chi connectivity index (χ1) is 38.0. The predicted octanol–water partition coefficient (Wildman–Crippen LogP) is 22.2. The Balaban J connectivity index is 4.24. The molecule has 0 aliphatic heterocycles. The summed E-state index contributed by atoms with van der Waals surface area (Å²) in [6, 6.07) is 0. The average Bonchev–Trinajstić information content (AvgIpc) is 3.43. The minimum atomic E-state index is -0.790. The summed E-state index contributed by atoms with van der Waals surface area (Å²) in [7, 11) is 0. The number of ether oxygens (including phenoxy) is 3. The van der Waals surface area contributed by atoms with Crippen molar-refractivity contribution in [2.75, 3.05) is 13.2 Å². The standard InChI is InChI=1S/C71H120O6/c1-4-7-10-13-16-19-22-25-28-29-30-31-32-33-34-35-36-37-38-39-40-41-42-43-44-47-49-52-55-58-61-64-70(73)76-67-68(77-71(74)65-62-59-56-53-50-46-27-24-21-18-15-12-9-6-3)66-75-69(72)63-60-57-54-51-48-45-26-23-20-17-14-11-8-5-2/h7,10,15-16,18-19,23-28,30-31,33-34,36-37,68H,4-6,8-9,11-14,17,20-22,29,32,35,38-67H2,1-3H3/b10-7-,18-15-,19-16-,26-23-,27-24-,28-25-,31-30-,34-33-,37-36-. The van der Waals surface area contributed by atoms with Gasteiger partial charge >= 0.3 is 17.9 Å². The Morgan fingerprint density at radius 2 is 0.519 bits per heavy atom. The molecule has 77 heavy (non-hydrogen) atoms. The maximum Gasteiger partial charge on any atom is 0.306 e. The number of hydrogen-bond acceptors (Lipinski definition) is 6. The van der Waals surface area contributed by atoms with Gasteiger partial charge in [0, 0.05) is 19.3 Å². The largest absolute Gasteiger partial charge is 0.462 e. The van der Waals surface area contributed by atoms with Gasteiger partial charge in [-0.25, -0.2) is 0 Å². The van der Waals surface area contributed by atoms with E-state index in [0.717, 1.165) is 128 Å². The van der Waals surface area contributed by atoms with E-state index < -0.39 is 6.10 Å². The molecule has 0 fully saturated rings. The van der Waals surface area contributed by atoms with Gasteiger partial charge in [0.05, 0.1) is 0 Å². The van der Waals surface area contributed by atoms with Crippen molar-refractivity contribution in [1.29, 1.82) is 0 Å². The molecule has 0 bridgehead atoms. The Labute approximate surface area is 476 Å². The van der Waals surface area contributed by atoms with Gasteiger partial charge in [-0.15, -0.1) is 0 Å². The zero-order valence-electron chi connectivity index (χ0n) is 50.4. The summed E-state index contributed by atoms with van der Waals surface area (Å²) in [5.41, 5.74) is 0. The van der Waals surface area contributed by atoms with Crippen LogP contribution in [0.4, 0.5) is 0 Å². The Hall–Kier alpha value is -3.93. The van der Waals surface area contributed by atoms with Crippen molar-refractivity contribution >= 4 is 17.9 Å². The third-order valence-corrected chi connectivity index (χ3v) is 13.7. The van der Waals surface area contributed by atoms with Crippen LogP contribution >= 0.6 is 0 Å². The van der Waals surface area contributed by atoms with E-state index in [0.29, 0.717) is 19.3 Å². The second-order valence-corrected chi connectivity index (χ2v) is 21.3. The van der Waals surface area contributed by atoms with Crippen molar-refractivity contribution in [1.82, 2.24) is 0 Å². The lowest BCUT2D eigenvalue weighted by Gasteiger charge is -2.18. The zero-order valence-corrected chi connectivity index (χ0v) is 50.4. The van der Waals surface area contributed by atoms with Crippen molar-refractivity contribution < 1.29 is 28.6 Å². The summed E-state index contributed by atoms with van der Waals surface area (Å²) in [6.45, 7) is 6.47. The fourth-order valence-corrected chi connectivity index (χ4v) is 8.87. The van der Waals surface area contributed by atoms with Gasteiger partial charge < -0.3 is 14.2 Å². The smallest absolute Gasteiger partial charge is 0.306 e. The summed E-state index contributed by atoms with van der Waals surface area (Å²) in [5, 5.41) is 0. The van der Waals surface area contributed by atoms with Gasteiger partial charge in [0.2, 0.25) is 0 Å². The molecule has 0 aliphatic carbocycles. The van der Waals surface area contributed by atoms with E-state index in [4.69, 9.17) is 14.2 Å². The highest BCUT2D eigenvalue weighted by molar-refractivity contribution is 5.71. The summed E-state index contributed by atoms with van der Waals surface area (Å²) in [4.78, 5) is 38.3. The van der Waals surface area contributed by atoms with E-state index in [1.807, 2.05) is 0 Å². The van der Waals surface area contributed by atoms with Gasteiger partial charge in [-0.1, -0.05) is 271 Å². The Morgan fingerprint density at radius 1 is 0.273 bits per heavy atom. The van der Waals surface area contributed by atoms with Gasteiger partial charge in [-0.05, 0) is 122 Å². The van der Waals surface area contributed by atoms with Gasteiger partial charge in [0.15, 0.2) is 6.10 Å². The van der Waals surface area contributed by atoms with E-state index in [1.165, 1.54) is 135 Å². The van der Waals surface area contributed by atoms with Crippen LogP contribution in [-0.4, -0.2) is 37.2 Å². The van der Waals surface area contributed by atoms with Crippen molar-refractivity contribution in [3.8, 4) is 0 Å². The lowest BCUT2D eigenvalue weighted by atomic mass is 10.0. The van der Waals surface area contributed by atoms with Gasteiger partial charge in [0.25, 0.3) is 0 Å². The number of carbonyl (C=O) groups excluding carboxylic acids is 3. The molecule has 6 nitrogen and oxygen atoms in total. The molecule has 0 aromatic heterocycles. The second-order valence-electron chi connectivity index (χ2n) is 21.3. The fraction of sp³-hybridized carbons (Fsp3) is 0.704. The van der Waals surface area contributed by atoms with Crippen molar-refractivity contribution in [3.63, 3.8) is 0 Å². The first-order valence-corrected chi connectivity index (χ1v) is 32.4. The van der Waals surface area contributed by atoms with E-state index in [1.54, 1.807) is 0 Å². The molecular weight excluding hydrogens is 949 g/mol. The molecule has 1 unspecified atom stereocenters. The number of allylic oxidation sites excluding steroid dienone is 18. The highest BCUT2D eigenvalue weighted by Gasteiger charge is 2.19. The average molecular weight is 1070 g/mol. The summed E-state index contributed by atoms with van der Waals surface area (Å²) in [6.07, 6.45) is 88.1. The molecule has 0 spiro atoms. The van der Waals surface area contributed by atoms with E-state index >= 15 is 0 Å². The minimum Gasteiger partial charge on any atom is -0.462 e. The lowest BCUT2D eigenvalue weighted by molar-refractivity contribution is -0.167. The fourth-order valence-electron chi connectivity index (χ4n) is 8.87.